The van der Waals surface area contributed by atoms with E-state index in [-0.39, 0.29) is 11.5 Å². The minimum Gasteiger partial charge on any atom is -0.492 e. The van der Waals surface area contributed by atoms with Crippen molar-refractivity contribution in [2.75, 3.05) is 19.8 Å². The first-order valence-corrected chi connectivity index (χ1v) is 7.38. The maximum Gasteiger partial charge on any atom is 0.235 e. The molecule has 0 saturated heterocycles. The maximum absolute atomic E-state index is 12.1. The average Bonchev–Trinajstić information content (AvgIpc) is 2.56. The van der Waals surface area contributed by atoms with E-state index in [1.54, 1.807) is 31.2 Å². The first kappa shape index (κ1) is 18.3. The summed E-state index contributed by atoms with van der Waals surface area (Å²) in [5, 5.41) is 3.11. The number of Topliss-reactive ketones (excluding diaryl/α,β-unsaturated/α-hetero) is 1. The van der Waals surface area contributed by atoms with Crippen LogP contribution in [0.5, 0.6) is 5.75 Å². The lowest BCUT2D eigenvalue weighted by molar-refractivity contribution is 0.0928. The van der Waals surface area contributed by atoms with Gasteiger partial charge in [-0.1, -0.05) is 25.5 Å². The van der Waals surface area contributed by atoms with Gasteiger partial charge in [0.1, 0.15) is 12.4 Å². The van der Waals surface area contributed by atoms with E-state index in [9.17, 15) is 4.79 Å². The van der Waals surface area contributed by atoms with Crippen LogP contribution in [0, 0.1) is 0 Å². The minimum absolute atomic E-state index is 0.128. The summed E-state index contributed by atoms with van der Waals surface area (Å²) in [6.07, 6.45) is 0. The van der Waals surface area contributed by atoms with E-state index in [2.05, 4.69) is 30.8 Å². The van der Waals surface area contributed by atoms with Gasteiger partial charge in [-0.15, -0.1) is 0 Å². The molecule has 0 unspecified atom stereocenters. The summed E-state index contributed by atoms with van der Waals surface area (Å²) < 4.78 is 10.8. The van der Waals surface area contributed by atoms with Crippen molar-refractivity contribution in [3.05, 3.63) is 72.3 Å². The molecule has 4 heteroatoms. The fourth-order valence-electron chi connectivity index (χ4n) is 1.70. The zero-order valence-electron chi connectivity index (χ0n) is 13.8. The number of carbonyl (C=O) groups excluding carboxylic acids is 1. The molecule has 122 valence electrons. The number of carbonyl (C=O) groups is 1. The van der Waals surface area contributed by atoms with Crippen molar-refractivity contribution in [1.82, 2.24) is 5.32 Å². The molecule has 1 rings (SSSR count). The van der Waals surface area contributed by atoms with Crippen LogP contribution in [0.25, 0.3) is 0 Å². The highest BCUT2D eigenvalue weighted by atomic mass is 16.5. The van der Waals surface area contributed by atoms with Crippen LogP contribution in [0.1, 0.15) is 24.2 Å². The van der Waals surface area contributed by atoms with Gasteiger partial charge in [0, 0.05) is 17.8 Å². The molecular weight excluding hydrogens is 290 g/mol. The number of nitrogens with one attached hydrogen (secondary N) is 1. The van der Waals surface area contributed by atoms with Gasteiger partial charge in [0.15, 0.2) is 0 Å². The van der Waals surface area contributed by atoms with Gasteiger partial charge in [0.05, 0.1) is 6.61 Å². The van der Waals surface area contributed by atoms with Crippen LogP contribution < -0.4 is 10.1 Å². The van der Waals surface area contributed by atoms with Crippen LogP contribution in [0.15, 0.2) is 66.8 Å². The number of rotatable bonds is 10. The van der Waals surface area contributed by atoms with Crippen molar-refractivity contribution in [1.29, 1.82) is 0 Å². The molecule has 0 bridgehead atoms. The van der Waals surface area contributed by atoms with E-state index in [1.807, 2.05) is 6.92 Å². The van der Waals surface area contributed by atoms with Crippen LogP contribution in [0.3, 0.4) is 0 Å². The second-order valence-corrected chi connectivity index (χ2v) is 4.83. The maximum atomic E-state index is 12.1. The van der Waals surface area contributed by atoms with Crippen LogP contribution >= 0.6 is 0 Å². The van der Waals surface area contributed by atoms with E-state index in [0.29, 0.717) is 31.1 Å². The van der Waals surface area contributed by atoms with Crippen LogP contribution in [0.2, 0.25) is 0 Å². The Morgan fingerprint density at radius 1 is 1.26 bits per heavy atom. The summed E-state index contributed by atoms with van der Waals surface area (Å²) in [5.41, 5.74) is 4.72. The fourth-order valence-corrected chi connectivity index (χ4v) is 1.70. The molecule has 0 fully saturated rings. The summed E-state index contributed by atoms with van der Waals surface area (Å²) >= 11 is 0. The number of hydrogen-bond acceptors (Lipinski definition) is 4. The zero-order valence-corrected chi connectivity index (χ0v) is 13.8. The molecule has 1 aromatic rings. The van der Waals surface area contributed by atoms with Gasteiger partial charge in [-0.3, -0.25) is 4.79 Å². The summed E-state index contributed by atoms with van der Waals surface area (Å²) in [6.45, 7) is 16.3. The lowest BCUT2D eigenvalue weighted by Gasteiger charge is -2.11. The van der Waals surface area contributed by atoms with Crippen molar-refractivity contribution in [2.45, 2.75) is 13.8 Å². The number of ether oxygens (including phenoxy) is 2. The summed E-state index contributed by atoms with van der Waals surface area (Å²) in [6, 6.07) is 6.86. The first-order valence-electron chi connectivity index (χ1n) is 7.38. The molecule has 0 spiro atoms. The molecular formula is C19H23NO3. The molecule has 0 radical (unpaired) electrons. The SMILES string of the molecule is C=C=C(OCC)C(=O)c1ccc(OCCNC(=C)C(=C)C)cc1. The molecule has 0 aromatic heterocycles. The molecule has 0 atom stereocenters. The van der Waals surface area contributed by atoms with Crippen LogP contribution in [-0.4, -0.2) is 25.5 Å². The molecule has 1 aromatic carbocycles. The van der Waals surface area contributed by atoms with E-state index < -0.39 is 0 Å². The van der Waals surface area contributed by atoms with Crippen LogP contribution in [0.4, 0.5) is 0 Å². The predicted octanol–water partition coefficient (Wildman–Crippen LogP) is 3.63. The highest BCUT2D eigenvalue weighted by Gasteiger charge is 2.12. The third-order valence-corrected chi connectivity index (χ3v) is 3.00. The summed E-state index contributed by atoms with van der Waals surface area (Å²) in [7, 11) is 0. The molecule has 4 nitrogen and oxygen atoms in total. The Balaban J connectivity index is 2.53. The molecule has 0 aliphatic rings. The fraction of sp³-hybridized carbons (Fsp3) is 0.263. The predicted molar refractivity (Wildman–Crippen MR) is 92.5 cm³/mol. The Morgan fingerprint density at radius 2 is 1.91 bits per heavy atom. The van der Waals surface area contributed by atoms with Gasteiger partial charge >= 0.3 is 0 Å². The second kappa shape index (κ2) is 9.34. The Bertz CT molecular complexity index is 623. The van der Waals surface area contributed by atoms with Crippen molar-refractivity contribution >= 4 is 5.78 Å². The van der Waals surface area contributed by atoms with Gasteiger partial charge in [-0.05, 0) is 43.7 Å². The minimum atomic E-state index is -0.243. The lowest BCUT2D eigenvalue weighted by Crippen LogP contribution is -2.20. The summed E-state index contributed by atoms with van der Waals surface area (Å²) in [4.78, 5) is 12.1. The third kappa shape index (κ3) is 5.89. The van der Waals surface area contributed by atoms with Crippen molar-refractivity contribution < 1.29 is 14.3 Å². The number of allylic oxidation sites excluding steroid dienone is 2. The molecule has 0 aliphatic carbocycles. The Kier molecular flexibility index (Phi) is 7.44. The molecule has 0 saturated carbocycles. The lowest BCUT2D eigenvalue weighted by atomic mass is 10.1. The van der Waals surface area contributed by atoms with Gasteiger partial charge in [-0.25, -0.2) is 0 Å². The topological polar surface area (TPSA) is 47.6 Å². The van der Waals surface area contributed by atoms with E-state index >= 15 is 0 Å². The number of ketones is 1. The average molecular weight is 313 g/mol. The molecule has 0 aliphatic heterocycles. The van der Waals surface area contributed by atoms with Crippen LogP contribution in [-0.2, 0) is 4.74 Å². The largest absolute Gasteiger partial charge is 0.492 e. The number of hydrogen-bond donors (Lipinski definition) is 1. The molecule has 0 amide bonds. The Labute approximate surface area is 137 Å². The highest BCUT2D eigenvalue weighted by molar-refractivity contribution is 6.07. The third-order valence-electron chi connectivity index (χ3n) is 3.00. The van der Waals surface area contributed by atoms with E-state index in [4.69, 9.17) is 9.47 Å². The summed E-state index contributed by atoms with van der Waals surface area (Å²) in [5.74, 6) is 0.571. The van der Waals surface area contributed by atoms with Gasteiger partial charge in [0.25, 0.3) is 0 Å². The van der Waals surface area contributed by atoms with Gasteiger partial charge in [0.2, 0.25) is 11.5 Å². The number of benzene rings is 1. The standard InChI is InChI=1S/C19H23NO3/c1-6-18(22-7-2)19(21)16-8-10-17(11-9-16)23-13-12-20-15(5)14(3)4/h8-11,20H,1,3,5,7,12-13H2,2,4H3. The van der Waals surface area contributed by atoms with Gasteiger partial charge in [-0.2, -0.15) is 0 Å². The first-order chi connectivity index (χ1) is 11.0. The molecule has 0 heterocycles. The van der Waals surface area contributed by atoms with E-state index in [0.717, 1.165) is 11.3 Å². The van der Waals surface area contributed by atoms with Crippen molar-refractivity contribution in [3.8, 4) is 5.75 Å². The zero-order chi connectivity index (χ0) is 17.2. The Morgan fingerprint density at radius 3 is 2.43 bits per heavy atom. The van der Waals surface area contributed by atoms with Crippen molar-refractivity contribution in [3.63, 3.8) is 0 Å². The second-order valence-electron chi connectivity index (χ2n) is 4.83. The normalized spacial score (nSPS) is 9.48. The monoisotopic (exact) mass is 313 g/mol. The highest BCUT2D eigenvalue weighted by Crippen LogP contribution is 2.15. The Hall–Kier alpha value is -2.71. The van der Waals surface area contributed by atoms with E-state index in [1.165, 1.54) is 0 Å². The quantitative estimate of drug-likeness (QED) is 0.179. The molecule has 23 heavy (non-hydrogen) atoms. The van der Waals surface area contributed by atoms with Crippen molar-refractivity contribution in [2.24, 2.45) is 0 Å². The molecule has 1 N–H and O–H groups in total. The smallest absolute Gasteiger partial charge is 0.235 e. The van der Waals surface area contributed by atoms with Gasteiger partial charge < -0.3 is 14.8 Å².